The van der Waals surface area contributed by atoms with E-state index >= 15 is 0 Å². The summed E-state index contributed by atoms with van der Waals surface area (Å²) in [5.41, 5.74) is -0.143. The Balaban J connectivity index is 1.91. The van der Waals surface area contributed by atoms with Gasteiger partial charge in [-0.25, -0.2) is 4.79 Å². The number of benzene rings is 1. The van der Waals surface area contributed by atoms with Gasteiger partial charge >= 0.3 is 6.09 Å². The molecule has 9 heteroatoms. The fourth-order valence-corrected chi connectivity index (χ4v) is 3.10. The monoisotopic (exact) mass is 421 g/mol. The summed E-state index contributed by atoms with van der Waals surface area (Å²) in [6.07, 6.45) is -0.634. The number of amides is 3. The van der Waals surface area contributed by atoms with Gasteiger partial charge in [0.05, 0.1) is 14.2 Å². The van der Waals surface area contributed by atoms with Crippen molar-refractivity contribution in [1.82, 2.24) is 15.1 Å². The molecule has 0 radical (unpaired) electrons. The largest absolute Gasteiger partial charge is 0.493 e. The lowest BCUT2D eigenvalue weighted by atomic mass is 10.1. The lowest BCUT2D eigenvalue weighted by molar-refractivity contribution is -0.134. The van der Waals surface area contributed by atoms with Gasteiger partial charge in [-0.1, -0.05) is 0 Å². The topological polar surface area (TPSA) is 97.4 Å². The van der Waals surface area contributed by atoms with Crippen LogP contribution in [-0.4, -0.2) is 79.7 Å². The molecule has 1 aliphatic heterocycles. The minimum Gasteiger partial charge on any atom is -0.493 e. The zero-order chi connectivity index (χ0) is 22.5. The maximum Gasteiger partial charge on any atom is 0.408 e. The molecule has 1 aromatic rings. The van der Waals surface area contributed by atoms with Crippen LogP contribution in [0.3, 0.4) is 0 Å². The highest BCUT2D eigenvalue weighted by Gasteiger charge is 2.29. The van der Waals surface area contributed by atoms with Crippen molar-refractivity contribution >= 4 is 17.9 Å². The average Bonchev–Trinajstić information content (AvgIpc) is 2.70. The molecule has 0 saturated carbocycles. The van der Waals surface area contributed by atoms with Crippen LogP contribution in [0.5, 0.6) is 11.5 Å². The summed E-state index contributed by atoms with van der Waals surface area (Å²) in [6.45, 7) is 8.47. The van der Waals surface area contributed by atoms with Gasteiger partial charge in [-0.3, -0.25) is 9.59 Å². The molecule has 0 spiro atoms. The summed E-state index contributed by atoms with van der Waals surface area (Å²) in [4.78, 5) is 40.6. The Labute approximate surface area is 177 Å². The van der Waals surface area contributed by atoms with E-state index in [0.29, 0.717) is 43.2 Å². The number of methoxy groups -OCH3 is 2. The van der Waals surface area contributed by atoms with Crippen LogP contribution >= 0.6 is 0 Å². The number of rotatable bonds is 5. The molecule has 0 aliphatic carbocycles. The minimum absolute atomic E-state index is 0.136. The fourth-order valence-electron chi connectivity index (χ4n) is 3.10. The number of carbonyl (C=O) groups is 3. The summed E-state index contributed by atoms with van der Waals surface area (Å²) in [7, 11) is 3.05. The number of hydrogen-bond acceptors (Lipinski definition) is 6. The van der Waals surface area contributed by atoms with Gasteiger partial charge in [0.25, 0.3) is 5.91 Å². The predicted octanol–water partition coefficient (Wildman–Crippen LogP) is 1.90. The van der Waals surface area contributed by atoms with Crippen LogP contribution in [0.25, 0.3) is 0 Å². The Morgan fingerprint density at radius 3 is 2.07 bits per heavy atom. The lowest BCUT2D eigenvalue weighted by Crippen LogP contribution is -2.55. The predicted molar refractivity (Wildman–Crippen MR) is 111 cm³/mol. The zero-order valence-corrected chi connectivity index (χ0v) is 18.5. The SMILES string of the molecule is COc1ccc(C(=O)N2CCN(C(=O)[C@@H](C)NC(=O)OC(C)(C)C)CC2)cc1OC. The minimum atomic E-state index is -0.715. The second-order valence-corrected chi connectivity index (χ2v) is 8.06. The molecule has 1 heterocycles. The van der Waals surface area contributed by atoms with E-state index in [9.17, 15) is 14.4 Å². The molecule has 166 valence electrons. The second-order valence-electron chi connectivity index (χ2n) is 8.06. The van der Waals surface area contributed by atoms with Crippen LogP contribution in [0.4, 0.5) is 4.79 Å². The molecule has 0 bridgehead atoms. The third-order valence-electron chi connectivity index (χ3n) is 4.61. The molecule has 30 heavy (non-hydrogen) atoms. The maximum atomic E-state index is 12.8. The first-order valence-corrected chi connectivity index (χ1v) is 9.85. The van der Waals surface area contributed by atoms with Crippen LogP contribution in [0.1, 0.15) is 38.1 Å². The molecule has 1 atom stereocenters. The summed E-state index contributed by atoms with van der Waals surface area (Å²) in [5, 5.41) is 2.56. The molecule has 0 unspecified atom stereocenters. The molecule has 1 saturated heterocycles. The van der Waals surface area contributed by atoms with Crippen molar-refractivity contribution in [3.8, 4) is 11.5 Å². The molecule has 1 fully saturated rings. The van der Waals surface area contributed by atoms with Crippen molar-refractivity contribution in [2.45, 2.75) is 39.3 Å². The van der Waals surface area contributed by atoms with E-state index in [2.05, 4.69) is 5.32 Å². The molecule has 0 aromatic heterocycles. The van der Waals surface area contributed by atoms with E-state index in [1.807, 2.05) is 0 Å². The molecule has 1 aliphatic rings. The number of hydrogen-bond donors (Lipinski definition) is 1. The number of piperazine rings is 1. The van der Waals surface area contributed by atoms with Crippen LogP contribution in [0, 0.1) is 0 Å². The Morgan fingerprint density at radius 2 is 1.53 bits per heavy atom. The van der Waals surface area contributed by atoms with Crippen molar-refractivity contribution in [2.75, 3.05) is 40.4 Å². The number of carbonyl (C=O) groups excluding carboxylic acids is 3. The molecule has 9 nitrogen and oxygen atoms in total. The standard InChI is InChI=1S/C21H31N3O6/c1-14(22-20(27)30-21(2,3)4)18(25)23-9-11-24(12-10-23)19(26)15-7-8-16(28-5)17(13-15)29-6/h7-8,13-14H,9-12H2,1-6H3,(H,22,27)/t14-/m1/s1. The number of nitrogens with one attached hydrogen (secondary N) is 1. The van der Waals surface area contributed by atoms with E-state index in [1.54, 1.807) is 55.7 Å². The first kappa shape index (κ1) is 23.3. The first-order chi connectivity index (χ1) is 14.1. The van der Waals surface area contributed by atoms with Crippen molar-refractivity contribution in [2.24, 2.45) is 0 Å². The Morgan fingerprint density at radius 1 is 0.967 bits per heavy atom. The van der Waals surface area contributed by atoms with Crippen molar-refractivity contribution < 1.29 is 28.6 Å². The van der Waals surface area contributed by atoms with Gasteiger partial charge < -0.3 is 29.3 Å². The van der Waals surface area contributed by atoms with Gasteiger partial charge in [-0.05, 0) is 45.9 Å². The quantitative estimate of drug-likeness (QED) is 0.780. The summed E-state index contributed by atoms with van der Waals surface area (Å²) < 4.78 is 15.6. The summed E-state index contributed by atoms with van der Waals surface area (Å²) in [5.74, 6) is 0.692. The second kappa shape index (κ2) is 9.69. The highest BCUT2D eigenvalue weighted by Crippen LogP contribution is 2.28. The number of alkyl carbamates (subject to hydrolysis) is 1. The van der Waals surface area contributed by atoms with Crippen LogP contribution in [0.2, 0.25) is 0 Å². The highest BCUT2D eigenvalue weighted by atomic mass is 16.6. The van der Waals surface area contributed by atoms with Gasteiger partial charge in [-0.15, -0.1) is 0 Å². The van der Waals surface area contributed by atoms with E-state index in [0.717, 1.165) is 0 Å². The van der Waals surface area contributed by atoms with E-state index < -0.39 is 17.7 Å². The molecular weight excluding hydrogens is 390 g/mol. The maximum absolute atomic E-state index is 12.8. The molecular formula is C21H31N3O6. The number of ether oxygens (including phenoxy) is 3. The van der Waals surface area contributed by atoms with E-state index in [4.69, 9.17) is 14.2 Å². The molecule has 1 aromatic carbocycles. The van der Waals surface area contributed by atoms with Crippen molar-refractivity contribution in [3.05, 3.63) is 23.8 Å². The molecule has 2 rings (SSSR count). The molecule has 3 amide bonds. The van der Waals surface area contributed by atoms with Crippen LogP contribution in [0.15, 0.2) is 18.2 Å². The molecule has 1 N–H and O–H groups in total. The van der Waals surface area contributed by atoms with Gasteiger partial charge in [-0.2, -0.15) is 0 Å². The Kier molecular flexibility index (Phi) is 7.53. The van der Waals surface area contributed by atoms with E-state index in [-0.39, 0.29) is 11.8 Å². The summed E-state index contributed by atoms with van der Waals surface area (Å²) >= 11 is 0. The average molecular weight is 421 g/mol. The normalized spacial score (nSPS) is 15.3. The van der Waals surface area contributed by atoms with Gasteiger partial charge in [0.2, 0.25) is 5.91 Å². The highest BCUT2D eigenvalue weighted by molar-refractivity contribution is 5.95. The number of nitrogens with zero attached hydrogens (tertiary/aromatic N) is 2. The van der Waals surface area contributed by atoms with Gasteiger partial charge in [0, 0.05) is 31.7 Å². The lowest BCUT2D eigenvalue weighted by Gasteiger charge is -2.36. The van der Waals surface area contributed by atoms with Gasteiger partial charge in [0.15, 0.2) is 11.5 Å². The van der Waals surface area contributed by atoms with Gasteiger partial charge in [0.1, 0.15) is 11.6 Å². The van der Waals surface area contributed by atoms with E-state index in [1.165, 1.54) is 14.2 Å². The van der Waals surface area contributed by atoms with Crippen LogP contribution in [-0.2, 0) is 9.53 Å². The Bertz CT molecular complexity index is 781. The summed E-state index contributed by atoms with van der Waals surface area (Å²) in [6, 6.07) is 4.31. The first-order valence-electron chi connectivity index (χ1n) is 9.85. The third kappa shape index (κ3) is 6.01. The fraction of sp³-hybridized carbons (Fsp3) is 0.571. The van der Waals surface area contributed by atoms with Crippen molar-refractivity contribution in [1.29, 1.82) is 0 Å². The Hall–Kier alpha value is -2.97. The zero-order valence-electron chi connectivity index (χ0n) is 18.5. The van der Waals surface area contributed by atoms with Crippen molar-refractivity contribution in [3.63, 3.8) is 0 Å². The van der Waals surface area contributed by atoms with Crippen LogP contribution < -0.4 is 14.8 Å². The smallest absolute Gasteiger partial charge is 0.408 e. The third-order valence-corrected chi connectivity index (χ3v) is 4.61.